The second-order valence-corrected chi connectivity index (χ2v) is 5.40. The van der Waals surface area contributed by atoms with Crippen molar-refractivity contribution in [2.45, 2.75) is 19.4 Å². The number of hydrogen-bond donors (Lipinski definition) is 3. The highest BCUT2D eigenvalue weighted by atomic mass is 16.5. The third-order valence-corrected chi connectivity index (χ3v) is 3.56. The van der Waals surface area contributed by atoms with E-state index in [0.29, 0.717) is 24.5 Å². The lowest BCUT2D eigenvalue weighted by Crippen LogP contribution is -2.28. The molecular weight excluding hydrogens is 304 g/mol. The first-order valence-electron chi connectivity index (χ1n) is 7.96. The highest BCUT2D eigenvalue weighted by molar-refractivity contribution is 5.94. The Hall–Kier alpha value is -2.53. The fourth-order valence-electron chi connectivity index (χ4n) is 2.30. The molecule has 0 heterocycles. The Morgan fingerprint density at radius 1 is 1.29 bits per heavy atom. The third kappa shape index (κ3) is 4.99. The van der Waals surface area contributed by atoms with Gasteiger partial charge >= 0.3 is 0 Å². The zero-order valence-electron chi connectivity index (χ0n) is 13.7. The van der Waals surface area contributed by atoms with Gasteiger partial charge in [0.05, 0.1) is 12.6 Å². The van der Waals surface area contributed by atoms with Gasteiger partial charge in [-0.1, -0.05) is 25.1 Å². The monoisotopic (exact) mass is 327 g/mol. The summed E-state index contributed by atoms with van der Waals surface area (Å²) in [4.78, 5) is 12.5. The van der Waals surface area contributed by atoms with E-state index in [-0.39, 0.29) is 17.7 Å². The SMILES string of the molecule is C[CH][C@H](NC(=O)c1cccc(OCCCN)c1)c1cccc(O)c1. The van der Waals surface area contributed by atoms with Crippen molar-refractivity contribution in [2.75, 3.05) is 13.2 Å². The average molecular weight is 327 g/mol. The van der Waals surface area contributed by atoms with E-state index >= 15 is 0 Å². The van der Waals surface area contributed by atoms with E-state index in [1.807, 2.05) is 25.5 Å². The molecule has 4 N–H and O–H groups in total. The first-order valence-corrected chi connectivity index (χ1v) is 7.96. The van der Waals surface area contributed by atoms with Crippen molar-refractivity contribution in [3.05, 3.63) is 66.1 Å². The Morgan fingerprint density at radius 3 is 2.79 bits per heavy atom. The van der Waals surface area contributed by atoms with Gasteiger partial charge in [0.15, 0.2) is 0 Å². The largest absolute Gasteiger partial charge is 0.508 e. The van der Waals surface area contributed by atoms with E-state index in [1.54, 1.807) is 36.4 Å². The third-order valence-electron chi connectivity index (χ3n) is 3.56. The van der Waals surface area contributed by atoms with Crippen molar-refractivity contribution in [3.63, 3.8) is 0 Å². The van der Waals surface area contributed by atoms with Crippen LogP contribution in [0.15, 0.2) is 48.5 Å². The molecule has 0 bridgehead atoms. The summed E-state index contributed by atoms with van der Waals surface area (Å²) in [7, 11) is 0. The van der Waals surface area contributed by atoms with Crippen molar-refractivity contribution in [2.24, 2.45) is 5.73 Å². The average Bonchev–Trinajstić information content (AvgIpc) is 2.60. The second-order valence-electron chi connectivity index (χ2n) is 5.40. The first kappa shape index (κ1) is 17.8. The summed E-state index contributed by atoms with van der Waals surface area (Å²) >= 11 is 0. The van der Waals surface area contributed by atoms with Crippen molar-refractivity contribution < 1.29 is 14.6 Å². The molecule has 2 aromatic rings. The van der Waals surface area contributed by atoms with Crippen LogP contribution in [-0.2, 0) is 0 Å². The molecule has 1 atom stereocenters. The molecule has 1 radical (unpaired) electrons. The molecule has 24 heavy (non-hydrogen) atoms. The fraction of sp³-hybridized carbons (Fsp3) is 0.263. The Kier molecular flexibility index (Phi) is 6.63. The maximum atomic E-state index is 12.5. The lowest BCUT2D eigenvalue weighted by atomic mass is 10.0. The second kappa shape index (κ2) is 8.93. The van der Waals surface area contributed by atoms with E-state index in [2.05, 4.69) is 5.32 Å². The summed E-state index contributed by atoms with van der Waals surface area (Å²) in [5.74, 6) is 0.611. The van der Waals surface area contributed by atoms with Crippen LogP contribution in [0, 0.1) is 6.42 Å². The van der Waals surface area contributed by atoms with Gasteiger partial charge in [-0.05, 0) is 55.3 Å². The molecule has 0 aliphatic rings. The van der Waals surface area contributed by atoms with Crippen LogP contribution in [0.1, 0.15) is 35.3 Å². The Balaban J connectivity index is 2.06. The molecule has 2 aromatic carbocycles. The molecule has 0 aliphatic carbocycles. The highest BCUT2D eigenvalue weighted by Crippen LogP contribution is 2.21. The lowest BCUT2D eigenvalue weighted by Gasteiger charge is -2.18. The minimum absolute atomic E-state index is 0.170. The van der Waals surface area contributed by atoms with Crippen LogP contribution >= 0.6 is 0 Å². The maximum Gasteiger partial charge on any atom is 0.251 e. The predicted molar refractivity (Wildman–Crippen MR) is 93.9 cm³/mol. The molecule has 5 heteroatoms. The normalized spacial score (nSPS) is 11.8. The molecule has 0 saturated carbocycles. The summed E-state index contributed by atoms with van der Waals surface area (Å²) in [6.45, 7) is 2.95. The van der Waals surface area contributed by atoms with Crippen LogP contribution in [0.25, 0.3) is 0 Å². The van der Waals surface area contributed by atoms with Gasteiger partial charge in [-0.2, -0.15) is 0 Å². The number of carbonyl (C=O) groups is 1. The molecule has 0 fully saturated rings. The number of nitrogens with two attached hydrogens (primary N) is 1. The van der Waals surface area contributed by atoms with Gasteiger partial charge in [-0.25, -0.2) is 0 Å². The van der Waals surface area contributed by atoms with Gasteiger partial charge in [0.25, 0.3) is 5.91 Å². The van der Waals surface area contributed by atoms with Crippen LogP contribution < -0.4 is 15.8 Å². The van der Waals surface area contributed by atoms with E-state index in [9.17, 15) is 9.90 Å². The number of nitrogens with one attached hydrogen (secondary N) is 1. The zero-order valence-corrected chi connectivity index (χ0v) is 13.7. The highest BCUT2D eigenvalue weighted by Gasteiger charge is 2.15. The Labute approximate surface area is 142 Å². The van der Waals surface area contributed by atoms with E-state index in [1.165, 1.54) is 0 Å². The number of phenols is 1. The molecule has 0 spiro atoms. The molecule has 0 aromatic heterocycles. The number of benzene rings is 2. The van der Waals surface area contributed by atoms with Crippen LogP contribution in [0.2, 0.25) is 0 Å². The number of carbonyl (C=O) groups excluding carboxylic acids is 1. The molecule has 127 valence electrons. The lowest BCUT2D eigenvalue weighted by molar-refractivity contribution is 0.0941. The standard InChI is InChI=1S/C19H23N2O3/c1-2-18(14-6-3-8-16(22)12-14)21-19(23)15-7-4-9-17(13-15)24-11-5-10-20/h2-4,6-9,12-13,18,22H,5,10-11,20H2,1H3,(H,21,23)/t18-/m0/s1. The number of phenolic OH excluding ortho intramolecular Hbond substituents is 1. The van der Waals surface area contributed by atoms with Gasteiger partial charge < -0.3 is 20.9 Å². The predicted octanol–water partition coefficient (Wildman–Crippen LogP) is 2.82. The van der Waals surface area contributed by atoms with Gasteiger partial charge in [-0.3, -0.25) is 4.79 Å². The maximum absolute atomic E-state index is 12.5. The van der Waals surface area contributed by atoms with Crippen molar-refractivity contribution >= 4 is 5.91 Å². The van der Waals surface area contributed by atoms with Crippen LogP contribution in [-0.4, -0.2) is 24.2 Å². The number of amides is 1. The Bertz CT molecular complexity index is 673. The number of rotatable bonds is 8. The van der Waals surface area contributed by atoms with E-state index in [0.717, 1.165) is 12.0 Å². The number of hydrogen-bond acceptors (Lipinski definition) is 4. The first-order chi connectivity index (χ1) is 11.6. The number of aromatic hydroxyl groups is 1. The van der Waals surface area contributed by atoms with Gasteiger partial charge in [-0.15, -0.1) is 0 Å². The van der Waals surface area contributed by atoms with E-state index < -0.39 is 0 Å². The van der Waals surface area contributed by atoms with Crippen molar-refractivity contribution in [1.82, 2.24) is 5.32 Å². The summed E-state index contributed by atoms with van der Waals surface area (Å²) < 4.78 is 5.57. The van der Waals surface area contributed by atoms with Crippen LogP contribution in [0.3, 0.4) is 0 Å². The molecule has 5 nitrogen and oxygen atoms in total. The molecule has 0 unspecified atom stereocenters. The summed E-state index contributed by atoms with van der Waals surface area (Å²) in [5, 5.41) is 12.5. The molecular formula is C19H23N2O3. The summed E-state index contributed by atoms with van der Waals surface area (Å²) in [6, 6.07) is 13.6. The van der Waals surface area contributed by atoms with Crippen molar-refractivity contribution in [1.29, 1.82) is 0 Å². The minimum Gasteiger partial charge on any atom is -0.508 e. The smallest absolute Gasteiger partial charge is 0.251 e. The van der Waals surface area contributed by atoms with Crippen LogP contribution in [0.4, 0.5) is 0 Å². The van der Waals surface area contributed by atoms with Crippen molar-refractivity contribution in [3.8, 4) is 11.5 Å². The molecule has 0 aliphatic heterocycles. The quantitative estimate of drug-likeness (QED) is 0.651. The van der Waals surface area contributed by atoms with Gasteiger partial charge in [0, 0.05) is 5.56 Å². The molecule has 1 amide bonds. The van der Waals surface area contributed by atoms with E-state index in [4.69, 9.17) is 10.5 Å². The minimum atomic E-state index is -0.286. The Morgan fingerprint density at radius 2 is 2.08 bits per heavy atom. The zero-order chi connectivity index (χ0) is 17.4. The summed E-state index contributed by atoms with van der Waals surface area (Å²) in [5.41, 5.74) is 6.78. The number of ether oxygens (including phenoxy) is 1. The summed E-state index contributed by atoms with van der Waals surface area (Å²) in [6.07, 6.45) is 2.63. The van der Waals surface area contributed by atoms with Gasteiger partial charge in [0.1, 0.15) is 11.5 Å². The molecule has 2 rings (SSSR count). The topological polar surface area (TPSA) is 84.6 Å². The fourth-order valence-corrected chi connectivity index (χ4v) is 2.30. The molecule has 0 saturated heterocycles. The van der Waals surface area contributed by atoms with Gasteiger partial charge in [0.2, 0.25) is 0 Å². The van der Waals surface area contributed by atoms with Crippen LogP contribution in [0.5, 0.6) is 11.5 Å².